The van der Waals surface area contributed by atoms with Crippen LogP contribution in [0.15, 0.2) is 36.4 Å². The summed E-state index contributed by atoms with van der Waals surface area (Å²) in [6.45, 7) is 14.1. The molecule has 0 N–H and O–H groups in total. The van der Waals surface area contributed by atoms with Gasteiger partial charge in [0.25, 0.3) is 5.91 Å². The van der Waals surface area contributed by atoms with Crippen LogP contribution in [0.1, 0.15) is 55.5 Å². The highest BCUT2D eigenvalue weighted by Crippen LogP contribution is 2.41. The Hall–Kier alpha value is -3.89. The summed E-state index contributed by atoms with van der Waals surface area (Å²) in [5.41, 5.74) is 2.94. The molecule has 45 heavy (non-hydrogen) atoms. The Kier molecular flexibility index (Phi) is 8.27. The lowest BCUT2D eigenvalue weighted by Gasteiger charge is -2.40. The number of halogens is 1. The van der Waals surface area contributed by atoms with E-state index in [0.29, 0.717) is 50.3 Å². The van der Waals surface area contributed by atoms with Crippen molar-refractivity contribution in [3.05, 3.63) is 69.7 Å². The maximum Gasteiger partial charge on any atom is 0.318 e. The number of benzene rings is 2. The summed E-state index contributed by atoms with van der Waals surface area (Å²) in [6.07, 6.45) is 4.99. The maximum atomic E-state index is 12.8. The molecule has 0 radical (unpaired) electrons. The van der Waals surface area contributed by atoms with Gasteiger partial charge in [-0.25, -0.2) is 6.57 Å². The second kappa shape index (κ2) is 12.5. The van der Waals surface area contributed by atoms with Crippen molar-refractivity contribution in [3.63, 3.8) is 0 Å². The van der Waals surface area contributed by atoms with E-state index in [2.05, 4.69) is 44.7 Å². The van der Waals surface area contributed by atoms with Crippen molar-refractivity contribution in [2.75, 3.05) is 50.8 Å². The fraction of sp³-hybridized carbons (Fsp3) is 0.486. The first-order chi connectivity index (χ1) is 22.0. The topological polar surface area (TPSA) is 75.4 Å². The van der Waals surface area contributed by atoms with Gasteiger partial charge < -0.3 is 24.1 Å². The molecule has 0 bridgehead atoms. The number of carbonyl (C=O) groups excluding carboxylic acids is 1. The first-order valence-electron chi connectivity index (χ1n) is 15.9. The molecule has 10 heteroatoms. The first kappa shape index (κ1) is 29.8. The summed E-state index contributed by atoms with van der Waals surface area (Å²) in [7, 11) is 0. The van der Waals surface area contributed by atoms with Crippen molar-refractivity contribution < 1.29 is 14.3 Å². The molecule has 1 unspecified atom stereocenters. The van der Waals surface area contributed by atoms with Crippen molar-refractivity contribution in [3.8, 4) is 17.9 Å². The summed E-state index contributed by atoms with van der Waals surface area (Å²) < 4.78 is 13.0. The van der Waals surface area contributed by atoms with E-state index in [9.17, 15) is 4.79 Å². The Morgan fingerprint density at radius 1 is 1.16 bits per heavy atom. The lowest BCUT2D eigenvalue weighted by atomic mass is 9.94. The molecular weight excluding hydrogens is 588 g/mol. The molecule has 0 spiro atoms. The van der Waals surface area contributed by atoms with Crippen LogP contribution in [0.5, 0.6) is 6.01 Å². The van der Waals surface area contributed by atoms with E-state index in [1.165, 1.54) is 12.8 Å². The van der Waals surface area contributed by atoms with Crippen molar-refractivity contribution in [2.24, 2.45) is 0 Å². The van der Waals surface area contributed by atoms with Gasteiger partial charge in [-0.1, -0.05) is 47.9 Å². The number of piperazine rings is 1. The molecule has 3 fully saturated rings. The Labute approximate surface area is 269 Å². The predicted molar refractivity (Wildman–Crippen MR) is 173 cm³/mol. The van der Waals surface area contributed by atoms with Crippen molar-refractivity contribution in [1.29, 1.82) is 0 Å². The van der Waals surface area contributed by atoms with E-state index in [0.717, 1.165) is 59.3 Å². The molecule has 2 atom stereocenters. The lowest BCUT2D eigenvalue weighted by molar-refractivity contribution is -0.127. The van der Waals surface area contributed by atoms with Crippen LogP contribution in [0.25, 0.3) is 15.6 Å². The number of hydrogen-bond acceptors (Lipinski definition) is 7. The number of hydrogen-bond donors (Lipinski definition) is 0. The summed E-state index contributed by atoms with van der Waals surface area (Å²) in [5.74, 6) is 5.88. The van der Waals surface area contributed by atoms with E-state index in [1.54, 1.807) is 11.8 Å². The van der Waals surface area contributed by atoms with Gasteiger partial charge in [0.05, 0.1) is 23.9 Å². The first-order valence-corrected chi connectivity index (χ1v) is 16.3. The molecule has 3 aromatic rings. The van der Waals surface area contributed by atoms with Crippen LogP contribution in [-0.4, -0.2) is 83.1 Å². The zero-order valence-corrected chi connectivity index (χ0v) is 26.4. The highest BCUT2D eigenvalue weighted by atomic mass is 35.5. The van der Waals surface area contributed by atoms with Gasteiger partial charge in [-0.05, 0) is 68.6 Å². The Balaban J connectivity index is 1.23. The van der Waals surface area contributed by atoms with Gasteiger partial charge in [0.2, 0.25) is 6.54 Å². The molecule has 9 nitrogen and oxygen atoms in total. The van der Waals surface area contributed by atoms with E-state index >= 15 is 0 Å². The summed E-state index contributed by atoms with van der Waals surface area (Å²) >= 11 is 6.70. The Bertz CT molecular complexity index is 1710. The van der Waals surface area contributed by atoms with Crippen LogP contribution in [0.2, 0.25) is 5.02 Å². The number of amides is 1. The van der Waals surface area contributed by atoms with E-state index in [4.69, 9.17) is 37.6 Å². The molecule has 2 aromatic carbocycles. The fourth-order valence-corrected chi connectivity index (χ4v) is 8.05. The highest BCUT2D eigenvalue weighted by molar-refractivity contribution is 6.35. The van der Waals surface area contributed by atoms with E-state index < -0.39 is 0 Å². The minimum atomic E-state index is -0.293. The van der Waals surface area contributed by atoms with E-state index in [-0.39, 0.29) is 30.1 Å². The number of anilines is 1. The molecule has 4 aliphatic heterocycles. The molecule has 0 aliphatic carbocycles. The monoisotopic (exact) mass is 624 g/mol. The van der Waals surface area contributed by atoms with Gasteiger partial charge in [0, 0.05) is 42.0 Å². The molecule has 7 rings (SSSR count). The SMILES string of the molecule is [C-]#[N+]C[C@H]1CN(c2nc(OCC34CCCN3CCC4)nc3c2COC(c2cccc4cccc(Cl)c24)C3)CCN1C(=O)C#CC. The van der Waals surface area contributed by atoms with Crippen LogP contribution in [-0.2, 0) is 22.6 Å². The van der Waals surface area contributed by atoms with Gasteiger partial charge in [-0.15, -0.1) is 0 Å². The maximum absolute atomic E-state index is 12.8. The average Bonchev–Trinajstić information content (AvgIpc) is 3.64. The number of rotatable bonds is 6. The van der Waals surface area contributed by atoms with Crippen molar-refractivity contribution in [1.82, 2.24) is 19.8 Å². The van der Waals surface area contributed by atoms with Crippen LogP contribution < -0.4 is 9.64 Å². The molecule has 4 aliphatic rings. The number of ether oxygens (including phenoxy) is 2. The van der Waals surface area contributed by atoms with Gasteiger partial charge in [-0.3, -0.25) is 9.69 Å². The van der Waals surface area contributed by atoms with Crippen LogP contribution >= 0.6 is 11.6 Å². The summed E-state index contributed by atoms with van der Waals surface area (Å²) in [6, 6.07) is 12.2. The largest absolute Gasteiger partial charge is 0.461 e. The second-order valence-electron chi connectivity index (χ2n) is 12.5. The zero-order valence-electron chi connectivity index (χ0n) is 25.6. The van der Waals surface area contributed by atoms with Crippen LogP contribution in [0.3, 0.4) is 0 Å². The van der Waals surface area contributed by atoms with Gasteiger partial charge in [0.15, 0.2) is 0 Å². The smallest absolute Gasteiger partial charge is 0.318 e. The number of nitrogens with zero attached hydrogens (tertiary/aromatic N) is 6. The van der Waals surface area contributed by atoms with Crippen molar-refractivity contribution in [2.45, 2.75) is 63.3 Å². The average molecular weight is 625 g/mol. The molecule has 1 amide bonds. The number of fused-ring (bicyclic) bond motifs is 3. The van der Waals surface area contributed by atoms with Crippen LogP contribution in [0.4, 0.5) is 5.82 Å². The minimum absolute atomic E-state index is 0.0673. The predicted octanol–water partition coefficient (Wildman–Crippen LogP) is 5.06. The molecule has 3 saturated heterocycles. The Morgan fingerprint density at radius 2 is 1.96 bits per heavy atom. The summed E-state index contributed by atoms with van der Waals surface area (Å²) in [5, 5.41) is 2.78. The van der Waals surface area contributed by atoms with Gasteiger partial charge >= 0.3 is 6.01 Å². The normalized spacial score (nSPS) is 22.3. The minimum Gasteiger partial charge on any atom is -0.461 e. The van der Waals surface area contributed by atoms with Crippen molar-refractivity contribution >= 4 is 34.1 Å². The van der Waals surface area contributed by atoms with Crippen LogP contribution in [0, 0.1) is 18.4 Å². The lowest BCUT2D eigenvalue weighted by Crippen LogP contribution is -2.56. The number of aromatic nitrogens is 2. The molecule has 5 heterocycles. The zero-order chi connectivity index (χ0) is 31.0. The highest BCUT2D eigenvalue weighted by Gasteiger charge is 2.45. The quantitative estimate of drug-likeness (QED) is 0.280. The third-order valence-corrected chi connectivity index (χ3v) is 10.3. The van der Waals surface area contributed by atoms with Gasteiger partial charge in [-0.2, -0.15) is 9.97 Å². The van der Waals surface area contributed by atoms with Gasteiger partial charge in [0.1, 0.15) is 18.5 Å². The Morgan fingerprint density at radius 3 is 2.73 bits per heavy atom. The number of carbonyl (C=O) groups is 1. The summed E-state index contributed by atoms with van der Waals surface area (Å²) in [4.78, 5) is 32.9. The molecule has 0 saturated carbocycles. The fourth-order valence-electron chi connectivity index (χ4n) is 7.76. The molecule has 232 valence electrons. The molecule has 1 aromatic heterocycles. The third kappa shape index (κ3) is 5.59. The van der Waals surface area contributed by atoms with E-state index in [1.807, 2.05) is 18.2 Å². The third-order valence-electron chi connectivity index (χ3n) is 9.95. The standard InChI is InChI=1S/C35H37ClN6O3/c1-3-8-31(43)42-18-17-40(21-25(42)20-37-2)33-27-22-44-30(26-11-4-9-24-10-5-12-28(36)32(24)26)19-29(27)38-34(39-33)45-23-35-13-6-15-41(35)16-7-14-35/h4-5,9-12,25,30H,6-7,13-23H2,1H3/t25-,30?/m0/s1. The molecular formula is C35H37ClN6O3. The second-order valence-corrected chi connectivity index (χ2v) is 12.9.